The Morgan fingerprint density at radius 1 is 0.969 bits per heavy atom. The second kappa shape index (κ2) is 10.2. The van der Waals surface area contributed by atoms with Gasteiger partial charge < -0.3 is 24.1 Å². The van der Waals surface area contributed by atoms with Crippen molar-refractivity contribution >= 4 is 11.6 Å². The summed E-state index contributed by atoms with van der Waals surface area (Å²) < 4.78 is 16.3. The van der Waals surface area contributed by atoms with Crippen LogP contribution in [0.2, 0.25) is 0 Å². The van der Waals surface area contributed by atoms with E-state index in [9.17, 15) is 4.79 Å². The van der Waals surface area contributed by atoms with Gasteiger partial charge in [-0.05, 0) is 42.5 Å². The van der Waals surface area contributed by atoms with E-state index in [1.54, 1.807) is 38.7 Å². The molecule has 0 saturated carbocycles. The van der Waals surface area contributed by atoms with Crippen molar-refractivity contribution in [2.45, 2.75) is 6.04 Å². The van der Waals surface area contributed by atoms with E-state index >= 15 is 0 Å². The van der Waals surface area contributed by atoms with Crippen LogP contribution in [0.3, 0.4) is 0 Å². The van der Waals surface area contributed by atoms with Crippen LogP contribution in [0.25, 0.3) is 0 Å². The second-order valence-electron chi connectivity index (χ2n) is 7.67. The molecule has 0 bridgehead atoms. The van der Waals surface area contributed by atoms with Gasteiger partial charge in [0, 0.05) is 44.0 Å². The molecule has 4 rings (SSSR count). The summed E-state index contributed by atoms with van der Waals surface area (Å²) in [5.74, 6) is 1.81. The highest BCUT2D eigenvalue weighted by Gasteiger charge is 2.27. The molecule has 1 amide bonds. The fourth-order valence-corrected chi connectivity index (χ4v) is 4.09. The van der Waals surface area contributed by atoms with Crippen LogP contribution in [-0.2, 0) is 0 Å². The number of hydrogen-bond acceptors (Lipinski definition) is 6. The highest BCUT2D eigenvalue weighted by Crippen LogP contribution is 2.28. The Morgan fingerprint density at radius 3 is 2.38 bits per heavy atom. The topological polar surface area (TPSA) is 67.2 Å². The molecule has 1 aliphatic rings. The fraction of sp³-hybridized carbons (Fsp3) is 0.320. The molecule has 0 unspecified atom stereocenters. The molecule has 2 heterocycles. The van der Waals surface area contributed by atoms with Crippen molar-refractivity contribution in [2.24, 2.45) is 0 Å². The first-order valence-corrected chi connectivity index (χ1v) is 10.8. The quantitative estimate of drug-likeness (QED) is 0.583. The molecule has 1 aromatic heterocycles. The van der Waals surface area contributed by atoms with Gasteiger partial charge in [0.1, 0.15) is 5.76 Å². The van der Waals surface area contributed by atoms with Gasteiger partial charge in [0.05, 0.1) is 26.5 Å². The zero-order valence-electron chi connectivity index (χ0n) is 18.5. The number of piperazine rings is 1. The molecule has 1 aliphatic heterocycles. The number of amides is 1. The number of hydrogen-bond donors (Lipinski definition) is 1. The minimum atomic E-state index is -0.162. The molecule has 3 aromatic rings. The summed E-state index contributed by atoms with van der Waals surface area (Å²) in [6, 6.07) is 19.4. The lowest BCUT2D eigenvalue weighted by Crippen LogP contribution is -2.49. The van der Waals surface area contributed by atoms with E-state index in [0.717, 1.165) is 31.9 Å². The smallest absolute Gasteiger partial charge is 0.251 e. The maximum absolute atomic E-state index is 12.8. The summed E-state index contributed by atoms with van der Waals surface area (Å²) in [5.41, 5.74) is 1.76. The molecule has 32 heavy (non-hydrogen) atoms. The van der Waals surface area contributed by atoms with Crippen molar-refractivity contribution in [3.05, 3.63) is 78.3 Å². The van der Waals surface area contributed by atoms with E-state index in [4.69, 9.17) is 13.9 Å². The van der Waals surface area contributed by atoms with Gasteiger partial charge >= 0.3 is 0 Å². The molecule has 1 saturated heterocycles. The third-order valence-electron chi connectivity index (χ3n) is 5.85. The van der Waals surface area contributed by atoms with Gasteiger partial charge in [-0.3, -0.25) is 9.69 Å². The van der Waals surface area contributed by atoms with E-state index < -0.39 is 0 Å². The number of rotatable bonds is 8. The molecule has 1 fully saturated rings. The van der Waals surface area contributed by atoms with E-state index in [1.807, 2.05) is 18.2 Å². The van der Waals surface area contributed by atoms with Crippen molar-refractivity contribution in [1.82, 2.24) is 10.2 Å². The van der Waals surface area contributed by atoms with E-state index in [-0.39, 0.29) is 11.9 Å². The average molecular weight is 436 g/mol. The number of methoxy groups -OCH3 is 2. The Kier molecular flexibility index (Phi) is 6.97. The maximum Gasteiger partial charge on any atom is 0.251 e. The SMILES string of the molecule is COc1ccc(C(=O)NC[C@H](c2ccco2)N2CCN(c3ccccc3)CC2)cc1OC. The molecule has 168 valence electrons. The third-order valence-corrected chi connectivity index (χ3v) is 5.85. The zero-order valence-corrected chi connectivity index (χ0v) is 18.5. The van der Waals surface area contributed by atoms with Gasteiger partial charge in [0.15, 0.2) is 11.5 Å². The summed E-state index contributed by atoms with van der Waals surface area (Å²) in [4.78, 5) is 17.6. The lowest BCUT2D eigenvalue weighted by Gasteiger charge is -2.39. The van der Waals surface area contributed by atoms with Crippen LogP contribution in [0, 0.1) is 0 Å². The number of anilines is 1. The minimum Gasteiger partial charge on any atom is -0.493 e. The highest BCUT2D eigenvalue weighted by molar-refractivity contribution is 5.94. The number of carbonyl (C=O) groups excluding carboxylic acids is 1. The van der Waals surface area contributed by atoms with Gasteiger partial charge in [0.25, 0.3) is 5.91 Å². The lowest BCUT2D eigenvalue weighted by atomic mass is 10.1. The fourth-order valence-electron chi connectivity index (χ4n) is 4.09. The lowest BCUT2D eigenvalue weighted by molar-refractivity contribution is 0.0922. The zero-order chi connectivity index (χ0) is 22.3. The molecule has 1 atom stereocenters. The van der Waals surface area contributed by atoms with Gasteiger partial charge in [-0.15, -0.1) is 0 Å². The standard InChI is InChI=1S/C25H29N3O4/c1-30-23-11-10-19(17-24(23)31-2)25(29)26-18-21(22-9-6-16-32-22)28-14-12-27(13-15-28)20-7-4-3-5-8-20/h3-11,16-17,21H,12-15,18H2,1-2H3,(H,26,29)/t21-/m1/s1. The number of ether oxygens (including phenoxy) is 2. The van der Waals surface area contributed by atoms with Crippen molar-refractivity contribution < 1.29 is 18.7 Å². The van der Waals surface area contributed by atoms with Crippen molar-refractivity contribution in [3.8, 4) is 11.5 Å². The molecule has 0 spiro atoms. The Hall–Kier alpha value is -3.45. The van der Waals surface area contributed by atoms with Gasteiger partial charge in [-0.2, -0.15) is 0 Å². The third kappa shape index (κ3) is 4.89. The van der Waals surface area contributed by atoms with Crippen LogP contribution in [0.1, 0.15) is 22.2 Å². The number of benzene rings is 2. The van der Waals surface area contributed by atoms with Crippen molar-refractivity contribution in [3.63, 3.8) is 0 Å². The first kappa shape index (κ1) is 21.8. The molecule has 1 N–H and O–H groups in total. The van der Waals surface area contributed by atoms with Crippen molar-refractivity contribution in [2.75, 3.05) is 51.8 Å². The summed E-state index contributed by atoms with van der Waals surface area (Å²) in [7, 11) is 3.13. The summed E-state index contributed by atoms with van der Waals surface area (Å²) in [6.07, 6.45) is 1.68. The van der Waals surface area contributed by atoms with Gasteiger partial charge in [-0.1, -0.05) is 18.2 Å². The molecular formula is C25H29N3O4. The Balaban J connectivity index is 1.42. The molecular weight excluding hydrogens is 406 g/mol. The molecule has 7 heteroatoms. The first-order chi connectivity index (χ1) is 15.7. The molecule has 7 nitrogen and oxygen atoms in total. The van der Waals surface area contributed by atoms with Gasteiger partial charge in [-0.25, -0.2) is 0 Å². The largest absolute Gasteiger partial charge is 0.493 e. The van der Waals surface area contributed by atoms with E-state index in [0.29, 0.717) is 23.6 Å². The van der Waals surface area contributed by atoms with Crippen LogP contribution in [0.15, 0.2) is 71.3 Å². The van der Waals surface area contributed by atoms with Crippen LogP contribution in [0.4, 0.5) is 5.69 Å². The summed E-state index contributed by atoms with van der Waals surface area (Å²) in [5, 5.41) is 3.07. The highest BCUT2D eigenvalue weighted by atomic mass is 16.5. The predicted molar refractivity (Wildman–Crippen MR) is 124 cm³/mol. The van der Waals surface area contributed by atoms with E-state index in [2.05, 4.69) is 39.4 Å². The molecule has 2 aromatic carbocycles. The Bertz CT molecular complexity index is 999. The Morgan fingerprint density at radius 2 is 1.72 bits per heavy atom. The number of nitrogens with zero attached hydrogens (tertiary/aromatic N) is 2. The van der Waals surface area contributed by atoms with Crippen molar-refractivity contribution in [1.29, 1.82) is 0 Å². The average Bonchev–Trinajstić information content (AvgIpc) is 3.39. The Labute approximate surface area is 188 Å². The maximum atomic E-state index is 12.8. The van der Waals surface area contributed by atoms with Gasteiger partial charge in [0.2, 0.25) is 0 Å². The minimum absolute atomic E-state index is 0.0352. The normalized spacial score (nSPS) is 15.2. The van der Waals surface area contributed by atoms with Crippen LogP contribution in [-0.4, -0.2) is 57.8 Å². The van der Waals surface area contributed by atoms with Crippen LogP contribution >= 0.6 is 0 Å². The summed E-state index contributed by atoms with van der Waals surface area (Å²) >= 11 is 0. The second-order valence-corrected chi connectivity index (χ2v) is 7.67. The van der Waals surface area contributed by atoms with Crippen LogP contribution < -0.4 is 19.7 Å². The number of carbonyl (C=O) groups is 1. The molecule has 0 aliphatic carbocycles. The summed E-state index contributed by atoms with van der Waals surface area (Å²) in [6.45, 7) is 4.06. The number of nitrogens with one attached hydrogen (secondary N) is 1. The number of furan rings is 1. The predicted octanol–water partition coefficient (Wildman–Crippen LogP) is 3.59. The van der Waals surface area contributed by atoms with Crippen LogP contribution in [0.5, 0.6) is 11.5 Å². The molecule has 0 radical (unpaired) electrons. The first-order valence-electron chi connectivity index (χ1n) is 10.8. The monoisotopic (exact) mass is 435 g/mol. The van der Waals surface area contributed by atoms with E-state index in [1.165, 1.54) is 5.69 Å². The number of para-hydroxylation sites is 1.